The number of hydrogen-bond acceptors (Lipinski definition) is 2. The van der Waals surface area contributed by atoms with Crippen molar-refractivity contribution in [2.24, 2.45) is 11.8 Å². The fourth-order valence-corrected chi connectivity index (χ4v) is 4.09. The maximum Gasteiger partial charge on any atom is 0.226 e. The quantitative estimate of drug-likeness (QED) is 0.868. The number of benzene rings is 1. The van der Waals surface area contributed by atoms with Crippen LogP contribution in [0.1, 0.15) is 37.2 Å². The number of hydrogen-bond donors (Lipinski definition) is 1. The molecule has 1 aromatic carbocycles. The summed E-state index contributed by atoms with van der Waals surface area (Å²) < 4.78 is 0. The molecule has 1 aliphatic heterocycles. The van der Waals surface area contributed by atoms with Gasteiger partial charge in [0.25, 0.3) is 0 Å². The van der Waals surface area contributed by atoms with Crippen LogP contribution in [0.5, 0.6) is 0 Å². The van der Waals surface area contributed by atoms with Crippen LogP contribution in [-0.4, -0.2) is 37.5 Å². The molecule has 2 fully saturated rings. The number of nitrogens with zero attached hydrogens (tertiary/aromatic N) is 1. The number of rotatable bonds is 5. The number of halogens is 2. The SMILES string of the molecule is CNCCC1CCN(C(=O)C2CC2c2cccc(Cl)c2Cl)CC1. The molecule has 1 aromatic rings. The van der Waals surface area contributed by atoms with Gasteiger partial charge in [-0.15, -0.1) is 0 Å². The predicted molar refractivity (Wildman–Crippen MR) is 95.2 cm³/mol. The highest BCUT2D eigenvalue weighted by molar-refractivity contribution is 6.42. The van der Waals surface area contributed by atoms with E-state index in [1.165, 1.54) is 6.42 Å². The molecule has 1 aliphatic carbocycles. The van der Waals surface area contributed by atoms with Crippen LogP contribution in [0.4, 0.5) is 0 Å². The zero-order valence-corrected chi connectivity index (χ0v) is 15.0. The maximum atomic E-state index is 12.7. The van der Waals surface area contributed by atoms with E-state index in [1.54, 1.807) is 6.07 Å². The van der Waals surface area contributed by atoms with Gasteiger partial charge in [0.05, 0.1) is 10.0 Å². The summed E-state index contributed by atoms with van der Waals surface area (Å²) in [6.45, 7) is 2.87. The molecule has 2 atom stereocenters. The fraction of sp³-hybridized carbons (Fsp3) is 0.611. The number of amides is 1. The van der Waals surface area contributed by atoms with E-state index in [9.17, 15) is 4.79 Å². The first kappa shape index (κ1) is 17.1. The summed E-state index contributed by atoms with van der Waals surface area (Å²) in [7, 11) is 1.99. The van der Waals surface area contributed by atoms with Crippen molar-refractivity contribution in [1.29, 1.82) is 0 Å². The van der Waals surface area contributed by atoms with Crippen molar-refractivity contribution in [3.63, 3.8) is 0 Å². The van der Waals surface area contributed by atoms with Crippen molar-refractivity contribution in [2.75, 3.05) is 26.7 Å². The highest BCUT2D eigenvalue weighted by atomic mass is 35.5. The zero-order chi connectivity index (χ0) is 16.4. The summed E-state index contributed by atoms with van der Waals surface area (Å²) in [6.07, 6.45) is 4.37. The second kappa shape index (κ2) is 7.42. The molecule has 3 nitrogen and oxygen atoms in total. The molecule has 23 heavy (non-hydrogen) atoms. The lowest BCUT2D eigenvalue weighted by Crippen LogP contribution is -2.40. The summed E-state index contributed by atoms with van der Waals surface area (Å²) in [6, 6.07) is 5.70. The Kier molecular flexibility index (Phi) is 5.50. The Morgan fingerprint density at radius 3 is 2.74 bits per heavy atom. The van der Waals surface area contributed by atoms with Gasteiger partial charge in [0.2, 0.25) is 5.91 Å². The Balaban J connectivity index is 1.54. The van der Waals surface area contributed by atoms with Gasteiger partial charge in [-0.05, 0) is 62.7 Å². The van der Waals surface area contributed by atoms with Gasteiger partial charge in [0.1, 0.15) is 0 Å². The van der Waals surface area contributed by atoms with E-state index in [0.717, 1.165) is 50.4 Å². The van der Waals surface area contributed by atoms with Crippen molar-refractivity contribution in [2.45, 2.75) is 31.6 Å². The van der Waals surface area contributed by atoms with Crippen molar-refractivity contribution in [3.05, 3.63) is 33.8 Å². The molecule has 0 aromatic heterocycles. The van der Waals surface area contributed by atoms with Gasteiger partial charge >= 0.3 is 0 Å². The van der Waals surface area contributed by atoms with Crippen molar-refractivity contribution >= 4 is 29.1 Å². The fourth-order valence-electron chi connectivity index (χ4n) is 3.64. The van der Waals surface area contributed by atoms with Crippen LogP contribution in [0.15, 0.2) is 18.2 Å². The smallest absolute Gasteiger partial charge is 0.226 e. The number of likely N-dealkylation sites (tertiary alicyclic amines) is 1. The normalized spacial score (nSPS) is 24.7. The van der Waals surface area contributed by atoms with E-state index in [1.807, 2.05) is 19.2 Å². The standard InChI is InChI=1S/C18H24Cl2N2O/c1-21-8-5-12-6-9-22(10-7-12)18(23)15-11-14(15)13-3-2-4-16(19)17(13)20/h2-4,12,14-15,21H,5-11H2,1H3. The topological polar surface area (TPSA) is 32.3 Å². The minimum absolute atomic E-state index is 0.0971. The average molecular weight is 355 g/mol. The third-order valence-electron chi connectivity index (χ3n) is 5.22. The first-order chi connectivity index (χ1) is 11.1. The second-order valence-electron chi connectivity index (χ2n) is 6.75. The molecule has 1 heterocycles. The summed E-state index contributed by atoms with van der Waals surface area (Å²) in [5.74, 6) is 1.40. The Morgan fingerprint density at radius 2 is 2.04 bits per heavy atom. The van der Waals surface area contributed by atoms with Gasteiger partial charge < -0.3 is 10.2 Å². The molecular weight excluding hydrogens is 331 g/mol. The van der Waals surface area contributed by atoms with Crippen LogP contribution in [0.3, 0.4) is 0 Å². The van der Waals surface area contributed by atoms with Gasteiger partial charge in [-0.2, -0.15) is 0 Å². The molecule has 5 heteroatoms. The van der Waals surface area contributed by atoms with Crippen molar-refractivity contribution < 1.29 is 4.79 Å². The maximum absolute atomic E-state index is 12.7. The largest absolute Gasteiger partial charge is 0.342 e. The van der Waals surface area contributed by atoms with Crippen LogP contribution in [0.2, 0.25) is 10.0 Å². The Morgan fingerprint density at radius 1 is 1.30 bits per heavy atom. The number of carbonyl (C=O) groups excluding carboxylic acids is 1. The number of carbonyl (C=O) groups is 1. The summed E-state index contributed by atoms with van der Waals surface area (Å²) in [5, 5.41) is 4.39. The minimum Gasteiger partial charge on any atom is -0.342 e. The summed E-state index contributed by atoms with van der Waals surface area (Å²) >= 11 is 12.4. The third kappa shape index (κ3) is 3.84. The molecule has 2 unspecified atom stereocenters. The second-order valence-corrected chi connectivity index (χ2v) is 7.54. The first-order valence-electron chi connectivity index (χ1n) is 8.49. The summed E-state index contributed by atoms with van der Waals surface area (Å²) in [4.78, 5) is 14.8. The van der Waals surface area contributed by atoms with E-state index in [0.29, 0.717) is 16.0 Å². The van der Waals surface area contributed by atoms with Crippen molar-refractivity contribution in [3.8, 4) is 0 Å². The molecule has 126 valence electrons. The molecule has 1 N–H and O–H groups in total. The Hall–Kier alpha value is -0.770. The van der Waals surface area contributed by atoms with Crippen LogP contribution in [0.25, 0.3) is 0 Å². The Labute approximate surface area is 148 Å². The van der Waals surface area contributed by atoms with E-state index >= 15 is 0 Å². The van der Waals surface area contributed by atoms with E-state index in [2.05, 4.69) is 10.2 Å². The zero-order valence-electron chi connectivity index (χ0n) is 13.5. The predicted octanol–water partition coefficient (Wildman–Crippen LogP) is 3.95. The monoisotopic (exact) mass is 354 g/mol. The molecule has 3 rings (SSSR count). The lowest BCUT2D eigenvalue weighted by molar-refractivity contribution is -0.134. The molecule has 0 spiro atoms. The molecule has 2 aliphatic rings. The summed E-state index contributed by atoms with van der Waals surface area (Å²) in [5.41, 5.74) is 1.03. The number of nitrogens with one attached hydrogen (secondary N) is 1. The van der Waals surface area contributed by atoms with Crippen LogP contribution >= 0.6 is 23.2 Å². The molecule has 1 amide bonds. The van der Waals surface area contributed by atoms with E-state index < -0.39 is 0 Å². The molecule has 1 saturated carbocycles. The van der Waals surface area contributed by atoms with Crippen molar-refractivity contribution in [1.82, 2.24) is 10.2 Å². The van der Waals surface area contributed by atoms with E-state index in [-0.39, 0.29) is 11.8 Å². The first-order valence-corrected chi connectivity index (χ1v) is 9.24. The van der Waals surface area contributed by atoms with Gasteiger partial charge in [-0.1, -0.05) is 35.3 Å². The lowest BCUT2D eigenvalue weighted by Gasteiger charge is -2.32. The van der Waals surface area contributed by atoms with Gasteiger partial charge in [-0.3, -0.25) is 4.79 Å². The molecular formula is C18H24Cl2N2O. The van der Waals surface area contributed by atoms with Crippen LogP contribution in [0, 0.1) is 11.8 Å². The number of piperidine rings is 1. The Bertz CT molecular complexity index is 570. The van der Waals surface area contributed by atoms with Crippen LogP contribution in [-0.2, 0) is 4.79 Å². The van der Waals surface area contributed by atoms with Gasteiger partial charge in [0.15, 0.2) is 0 Å². The highest BCUT2D eigenvalue weighted by Crippen LogP contribution is 2.51. The molecule has 1 saturated heterocycles. The van der Waals surface area contributed by atoms with E-state index in [4.69, 9.17) is 23.2 Å². The minimum atomic E-state index is 0.0971. The lowest BCUT2D eigenvalue weighted by atomic mass is 9.93. The van der Waals surface area contributed by atoms with Gasteiger partial charge in [0, 0.05) is 19.0 Å². The van der Waals surface area contributed by atoms with Crippen LogP contribution < -0.4 is 5.32 Å². The van der Waals surface area contributed by atoms with Gasteiger partial charge in [-0.25, -0.2) is 0 Å². The third-order valence-corrected chi connectivity index (χ3v) is 6.05. The highest BCUT2D eigenvalue weighted by Gasteiger charge is 2.47. The molecule has 0 bridgehead atoms. The average Bonchev–Trinajstić information content (AvgIpc) is 3.36. The molecule has 0 radical (unpaired) electrons.